The van der Waals surface area contributed by atoms with Crippen molar-refractivity contribution in [1.82, 2.24) is 5.32 Å². The van der Waals surface area contributed by atoms with E-state index in [-0.39, 0.29) is 18.6 Å². The third kappa shape index (κ3) is 4.11. The lowest BCUT2D eigenvalue weighted by Gasteiger charge is -2.12. The van der Waals surface area contributed by atoms with Gasteiger partial charge in [0.1, 0.15) is 0 Å². The van der Waals surface area contributed by atoms with Crippen molar-refractivity contribution in [3.8, 4) is 0 Å². The number of esters is 1. The second-order valence-corrected chi connectivity index (χ2v) is 4.62. The summed E-state index contributed by atoms with van der Waals surface area (Å²) in [5, 5.41) is 12.1. The van der Waals surface area contributed by atoms with Gasteiger partial charge in [-0.25, -0.2) is 4.79 Å². The van der Waals surface area contributed by atoms with Gasteiger partial charge in [-0.3, -0.25) is 0 Å². The number of methoxy groups -OCH3 is 1. The van der Waals surface area contributed by atoms with Gasteiger partial charge >= 0.3 is 5.97 Å². The SMILES string of the molecule is COC(=O)c1ccc(CNC(C)CO)c(Br)c1. The Morgan fingerprint density at radius 2 is 2.29 bits per heavy atom. The average Bonchev–Trinajstić information content (AvgIpc) is 2.35. The Labute approximate surface area is 109 Å². The number of aliphatic hydroxyl groups excluding tert-OH is 1. The van der Waals surface area contributed by atoms with Gasteiger partial charge in [0.15, 0.2) is 0 Å². The summed E-state index contributed by atoms with van der Waals surface area (Å²) in [6.07, 6.45) is 0. The number of carbonyl (C=O) groups excluding carboxylic acids is 1. The van der Waals surface area contributed by atoms with E-state index in [0.29, 0.717) is 12.1 Å². The molecule has 0 saturated heterocycles. The van der Waals surface area contributed by atoms with Gasteiger partial charge in [0, 0.05) is 17.1 Å². The fourth-order valence-electron chi connectivity index (χ4n) is 1.28. The summed E-state index contributed by atoms with van der Waals surface area (Å²) >= 11 is 3.41. The lowest BCUT2D eigenvalue weighted by Crippen LogP contribution is -2.28. The summed E-state index contributed by atoms with van der Waals surface area (Å²) in [5.41, 5.74) is 1.54. The molecule has 1 atom stereocenters. The average molecular weight is 302 g/mol. The molecular formula is C12H16BrNO3. The maximum Gasteiger partial charge on any atom is 0.337 e. The molecule has 94 valence electrons. The summed E-state index contributed by atoms with van der Waals surface area (Å²) in [5.74, 6) is -0.353. The zero-order valence-corrected chi connectivity index (χ0v) is 11.5. The molecule has 0 aliphatic heterocycles. The molecule has 17 heavy (non-hydrogen) atoms. The van der Waals surface area contributed by atoms with Gasteiger partial charge in [0.05, 0.1) is 19.3 Å². The molecular weight excluding hydrogens is 286 g/mol. The van der Waals surface area contributed by atoms with Gasteiger partial charge < -0.3 is 15.2 Å². The van der Waals surface area contributed by atoms with E-state index < -0.39 is 0 Å². The molecule has 0 aliphatic rings. The summed E-state index contributed by atoms with van der Waals surface area (Å²) in [6.45, 7) is 2.62. The van der Waals surface area contributed by atoms with E-state index >= 15 is 0 Å². The van der Waals surface area contributed by atoms with Crippen LogP contribution in [0.2, 0.25) is 0 Å². The monoisotopic (exact) mass is 301 g/mol. The number of aliphatic hydroxyl groups is 1. The van der Waals surface area contributed by atoms with Crippen molar-refractivity contribution in [2.75, 3.05) is 13.7 Å². The maximum absolute atomic E-state index is 11.3. The molecule has 0 radical (unpaired) electrons. The van der Waals surface area contributed by atoms with Crippen LogP contribution in [0.5, 0.6) is 0 Å². The van der Waals surface area contributed by atoms with Gasteiger partial charge in [0.2, 0.25) is 0 Å². The van der Waals surface area contributed by atoms with Gasteiger partial charge in [-0.05, 0) is 24.6 Å². The normalized spacial score (nSPS) is 12.2. The number of ether oxygens (including phenoxy) is 1. The van der Waals surface area contributed by atoms with E-state index in [2.05, 4.69) is 26.0 Å². The maximum atomic E-state index is 11.3. The highest BCUT2D eigenvalue weighted by atomic mass is 79.9. The van der Waals surface area contributed by atoms with Crippen LogP contribution in [0, 0.1) is 0 Å². The topological polar surface area (TPSA) is 58.6 Å². The first-order valence-corrected chi connectivity index (χ1v) is 6.08. The van der Waals surface area contributed by atoms with Crippen molar-refractivity contribution in [2.45, 2.75) is 19.5 Å². The Bertz CT molecular complexity index is 395. The molecule has 1 rings (SSSR count). The molecule has 0 saturated carbocycles. The van der Waals surface area contributed by atoms with E-state index in [0.717, 1.165) is 10.0 Å². The first-order valence-electron chi connectivity index (χ1n) is 5.29. The first kappa shape index (κ1) is 14.2. The first-order chi connectivity index (χ1) is 8.08. The van der Waals surface area contributed by atoms with Gasteiger partial charge in [-0.15, -0.1) is 0 Å². The second kappa shape index (κ2) is 6.74. The minimum atomic E-state index is -0.353. The molecule has 0 spiro atoms. The van der Waals surface area contributed by atoms with Gasteiger partial charge in [0.25, 0.3) is 0 Å². The van der Waals surface area contributed by atoms with Crippen LogP contribution >= 0.6 is 15.9 Å². The molecule has 1 aromatic carbocycles. The number of carbonyl (C=O) groups is 1. The highest BCUT2D eigenvalue weighted by Gasteiger charge is 2.08. The summed E-state index contributed by atoms with van der Waals surface area (Å²) in [6, 6.07) is 5.35. The van der Waals surface area contributed by atoms with E-state index in [4.69, 9.17) is 5.11 Å². The molecule has 0 bridgehead atoms. The third-order valence-electron chi connectivity index (χ3n) is 2.39. The smallest absolute Gasteiger partial charge is 0.337 e. The van der Waals surface area contributed by atoms with E-state index in [1.165, 1.54) is 7.11 Å². The van der Waals surface area contributed by atoms with E-state index in [9.17, 15) is 4.79 Å². The molecule has 5 heteroatoms. The number of halogens is 1. The zero-order valence-electron chi connectivity index (χ0n) is 9.87. The fourth-order valence-corrected chi connectivity index (χ4v) is 1.80. The van der Waals surface area contributed by atoms with Crippen LogP contribution in [-0.4, -0.2) is 30.8 Å². The fraction of sp³-hybridized carbons (Fsp3) is 0.417. The van der Waals surface area contributed by atoms with E-state index in [1.807, 2.05) is 13.0 Å². The highest BCUT2D eigenvalue weighted by Crippen LogP contribution is 2.19. The van der Waals surface area contributed by atoms with Gasteiger partial charge in [-0.2, -0.15) is 0 Å². The molecule has 0 aromatic heterocycles. The van der Waals surface area contributed by atoms with Crippen molar-refractivity contribution in [3.63, 3.8) is 0 Å². The van der Waals surface area contributed by atoms with Crippen LogP contribution in [0.4, 0.5) is 0 Å². The van der Waals surface area contributed by atoms with Crippen LogP contribution in [0.25, 0.3) is 0 Å². The Kier molecular flexibility index (Phi) is 5.61. The van der Waals surface area contributed by atoms with Crippen LogP contribution in [0.1, 0.15) is 22.8 Å². The Balaban J connectivity index is 2.73. The van der Waals surface area contributed by atoms with Crippen molar-refractivity contribution in [1.29, 1.82) is 0 Å². The third-order valence-corrected chi connectivity index (χ3v) is 3.13. The van der Waals surface area contributed by atoms with Crippen molar-refractivity contribution >= 4 is 21.9 Å². The number of hydrogen-bond acceptors (Lipinski definition) is 4. The molecule has 4 nitrogen and oxygen atoms in total. The lowest BCUT2D eigenvalue weighted by atomic mass is 10.1. The predicted octanol–water partition coefficient (Wildman–Crippen LogP) is 1.71. The van der Waals surface area contributed by atoms with E-state index in [1.54, 1.807) is 12.1 Å². The summed E-state index contributed by atoms with van der Waals surface area (Å²) in [4.78, 5) is 11.3. The number of benzene rings is 1. The standard InChI is InChI=1S/C12H16BrNO3/c1-8(7-15)14-6-10-4-3-9(5-11(10)13)12(16)17-2/h3-5,8,14-15H,6-7H2,1-2H3. The Morgan fingerprint density at radius 1 is 1.59 bits per heavy atom. The predicted molar refractivity (Wildman–Crippen MR) is 68.9 cm³/mol. The quantitative estimate of drug-likeness (QED) is 0.813. The minimum absolute atomic E-state index is 0.0437. The largest absolute Gasteiger partial charge is 0.465 e. The minimum Gasteiger partial charge on any atom is -0.465 e. The van der Waals surface area contributed by atoms with Crippen molar-refractivity contribution in [2.24, 2.45) is 0 Å². The number of nitrogens with one attached hydrogen (secondary N) is 1. The molecule has 1 unspecified atom stereocenters. The highest BCUT2D eigenvalue weighted by molar-refractivity contribution is 9.10. The van der Waals surface area contributed by atoms with Gasteiger partial charge in [-0.1, -0.05) is 22.0 Å². The Hall–Kier alpha value is -0.910. The number of rotatable bonds is 5. The Morgan fingerprint density at radius 3 is 2.82 bits per heavy atom. The molecule has 2 N–H and O–H groups in total. The van der Waals surface area contributed by atoms with Crippen LogP contribution in [-0.2, 0) is 11.3 Å². The molecule has 1 aromatic rings. The molecule has 0 amide bonds. The second-order valence-electron chi connectivity index (χ2n) is 3.76. The zero-order chi connectivity index (χ0) is 12.8. The van der Waals surface area contributed by atoms with Crippen LogP contribution in [0.15, 0.2) is 22.7 Å². The van der Waals surface area contributed by atoms with Crippen molar-refractivity contribution < 1.29 is 14.6 Å². The molecule has 0 aliphatic carbocycles. The molecule has 0 fully saturated rings. The van der Waals surface area contributed by atoms with Crippen LogP contribution < -0.4 is 5.32 Å². The van der Waals surface area contributed by atoms with Crippen molar-refractivity contribution in [3.05, 3.63) is 33.8 Å². The molecule has 0 heterocycles. The summed E-state index contributed by atoms with van der Waals surface area (Å²) < 4.78 is 5.48. The summed E-state index contributed by atoms with van der Waals surface area (Å²) in [7, 11) is 1.36. The lowest BCUT2D eigenvalue weighted by molar-refractivity contribution is 0.0600. The van der Waals surface area contributed by atoms with Crippen LogP contribution in [0.3, 0.4) is 0 Å². The number of hydrogen-bond donors (Lipinski definition) is 2.